The number of nitriles is 1. The van der Waals surface area contributed by atoms with E-state index in [0.717, 1.165) is 12.8 Å². The molecule has 1 aliphatic heterocycles. The van der Waals surface area contributed by atoms with Crippen molar-refractivity contribution in [3.05, 3.63) is 29.3 Å². The number of rotatable bonds is 9. The minimum absolute atomic E-state index is 0.0979. The molecule has 156 valence electrons. The number of morpholine rings is 1. The van der Waals surface area contributed by atoms with Gasteiger partial charge in [-0.25, -0.2) is 4.79 Å². The Hall–Kier alpha value is -3.05. The third kappa shape index (κ3) is 6.80. The number of hydrogen-bond donors (Lipinski definition) is 0. The van der Waals surface area contributed by atoms with Crippen molar-refractivity contribution in [2.45, 2.75) is 19.8 Å². The smallest absolute Gasteiger partial charge is 0.348 e. The lowest BCUT2D eigenvalue weighted by molar-refractivity contribution is -0.138. The van der Waals surface area contributed by atoms with Gasteiger partial charge >= 0.3 is 5.97 Å². The lowest BCUT2D eigenvalue weighted by Crippen LogP contribution is -2.43. The molecule has 0 saturated carbocycles. The Morgan fingerprint density at radius 2 is 2.03 bits per heavy atom. The molecule has 1 saturated heterocycles. The van der Waals surface area contributed by atoms with Crippen molar-refractivity contribution in [1.82, 2.24) is 4.90 Å². The first kappa shape index (κ1) is 22.2. The Bertz CT molecular complexity index is 778. The van der Waals surface area contributed by atoms with E-state index in [1.54, 1.807) is 23.1 Å². The van der Waals surface area contributed by atoms with Crippen molar-refractivity contribution in [2.24, 2.45) is 0 Å². The zero-order chi connectivity index (χ0) is 21.1. The lowest BCUT2D eigenvalue weighted by atomic mass is 10.1. The fraction of sp³-hybridized carbons (Fsp3) is 0.476. The van der Waals surface area contributed by atoms with E-state index in [1.807, 2.05) is 13.0 Å². The van der Waals surface area contributed by atoms with Crippen molar-refractivity contribution in [1.29, 1.82) is 5.26 Å². The van der Waals surface area contributed by atoms with Gasteiger partial charge < -0.3 is 23.8 Å². The molecule has 0 spiro atoms. The minimum atomic E-state index is -0.656. The number of amides is 1. The molecule has 0 unspecified atom stereocenters. The highest BCUT2D eigenvalue weighted by molar-refractivity contribution is 5.98. The number of hydrogen-bond acceptors (Lipinski definition) is 7. The second-order valence-corrected chi connectivity index (χ2v) is 6.35. The van der Waals surface area contributed by atoms with Crippen LogP contribution in [0.4, 0.5) is 0 Å². The average molecular weight is 402 g/mol. The van der Waals surface area contributed by atoms with Crippen LogP contribution in [0.15, 0.2) is 23.8 Å². The maximum Gasteiger partial charge on any atom is 0.348 e. The van der Waals surface area contributed by atoms with E-state index < -0.39 is 5.97 Å². The van der Waals surface area contributed by atoms with Crippen LogP contribution in [0, 0.1) is 11.3 Å². The zero-order valence-corrected chi connectivity index (χ0v) is 16.8. The summed E-state index contributed by atoms with van der Waals surface area (Å²) in [6, 6.07) is 6.80. The van der Waals surface area contributed by atoms with Crippen molar-refractivity contribution in [3.63, 3.8) is 0 Å². The standard InChI is InChI=1S/C21H26N2O6/c1-3-4-9-28-21(25)17(14-22)12-16-5-6-18(19(13-16)26-2)29-15-20(24)23-7-10-27-11-8-23/h5-6,12-13H,3-4,7-11,15H2,1-2H3/b17-12+. The van der Waals surface area contributed by atoms with Crippen molar-refractivity contribution >= 4 is 18.0 Å². The number of carbonyl (C=O) groups is 2. The number of methoxy groups -OCH3 is 1. The summed E-state index contributed by atoms with van der Waals surface area (Å²) in [6.45, 7) is 4.30. The third-order valence-corrected chi connectivity index (χ3v) is 4.29. The SMILES string of the molecule is CCCCOC(=O)/C(C#N)=C/c1ccc(OCC(=O)N2CCOCC2)c(OC)c1. The molecule has 0 radical (unpaired) electrons. The number of carbonyl (C=O) groups excluding carboxylic acids is 2. The van der Waals surface area contributed by atoms with Gasteiger partial charge in [-0.05, 0) is 30.2 Å². The van der Waals surface area contributed by atoms with E-state index >= 15 is 0 Å². The quantitative estimate of drug-likeness (QED) is 0.270. The van der Waals surface area contributed by atoms with E-state index in [1.165, 1.54) is 13.2 Å². The first-order chi connectivity index (χ1) is 14.1. The molecule has 1 amide bonds. The van der Waals surface area contributed by atoms with Gasteiger partial charge in [0.15, 0.2) is 18.1 Å². The van der Waals surface area contributed by atoms with Gasteiger partial charge in [-0.1, -0.05) is 19.4 Å². The second kappa shape index (κ2) is 11.7. The number of ether oxygens (including phenoxy) is 4. The largest absolute Gasteiger partial charge is 0.493 e. The van der Waals surface area contributed by atoms with E-state index in [2.05, 4.69) is 0 Å². The van der Waals surface area contributed by atoms with Crippen LogP contribution in [-0.4, -0.2) is 63.4 Å². The average Bonchev–Trinajstić information content (AvgIpc) is 2.76. The van der Waals surface area contributed by atoms with Crippen LogP contribution < -0.4 is 9.47 Å². The molecule has 0 N–H and O–H groups in total. The van der Waals surface area contributed by atoms with Crippen molar-refractivity contribution < 1.29 is 28.5 Å². The molecule has 1 aromatic carbocycles. The maximum absolute atomic E-state index is 12.2. The molecule has 0 bridgehead atoms. The number of nitrogens with zero attached hydrogens (tertiary/aromatic N) is 2. The first-order valence-electron chi connectivity index (χ1n) is 9.54. The highest BCUT2D eigenvalue weighted by atomic mass is 16.5. The van der Waals surface area contributed by atoms with Gasteiger partial charge in [0.05, 0.1) is 26.9 Å². The minimum Gasteiger partial charge on any atom is -0.493 e. The molecule has 2 rings (SSSR count). The van der Waals surface area contributed by atoms with Crippen LogP contribution >= 0.6 is 0 Å². The van der Waals surface area contributed by atoms with Gasteiger partial charge in [0.25, 0.3) is 5.91 Å². The van der Waals surface area contributed by atoms with Crippen molar-refractivity contribution in [3.8, 4) is 17.6 Å². The van der Waals surface area contributed by atoms with Gasteiger partial charge in [0.1, 0.15) is 11.6 Å². The van der Waals surface area contributed by atoms with Gasteiger partial charge in [-0.15, -0.1) is 0 Å². The summed E-state index contributed by atoms with van der Waals surface area (Å²) in [7, 11) is 1.48. The Labute approximate surface area is 170 Å². The Morgan fingerprint density at radius 3 is 2.69 bits per heavy atom. The summed E-state index contributed by atoms with van der Waals surface area (Å²) in [4.78, 5) is 25.9. The van der Waals surface area contributed by atoms with Crippen LogP contribution in [0.3, 0.4) is 0 Å². The van der Waals surface area contributed by atoms with E-state index in [9.17, 15) is 14.9 Å². The van der Waals surface area contributed by atoms with Crippen LogP contribution in [0.2, 0.25) is 0 Å². The molecular formula is C21H26N2O6. The summed E-state index contributed by atoms with van der Waals surface area (Å²) < 4.78 is 21.2. The second-order valence-electron chi connectivity index (χ2n) is 6.35. The fourth-order valence-electron chi connectivity index (χ4n) is 2.63. The molecule has 8 nitrogen and oxygen atoms in total. The van der Waals surface area contributed by atoms with Gasteiger partial charge in [0.2, 0.25) is 0 Å². The molecule has 0 atom stereocenters. The first-order valence-corrected chi connectivity index (χ1v) is 9.54. The van der Waals surface area contributed by atoms with E-state index in [-0.39, 0.29) is 24.7 Å². The predicted octanol–water partition coefficient (Wildman–Crippen LogP) is 2.18. The van der Waals surface area contributed by atoms with Crippen LogP contribution in [-0.2, 0) is 19.1 Å². The summed E-state index contributed by atoms with van der Waals surface area (Å²) in [5.41, 5.74) is 0.483. The predicted molar refractivity (Wildman–Crippen MR) is 105 cm³/mol. The van der Waals surface area contributed by atoms with Gasteiger partial charge in [0, 0.05) is 13.1 Å². The fourth-order valence-corrected chi connectivity index (χ4v) is 2.63. The molecule has 0 aromatic heterocycles. The van der Waals surface area contributed by atoms with Crippen LogP contribution in [0.25, 0.3) is 6.08 Å². The third-order valence-electron chi connectivity index (χ3n) is 4.29. The van der Waals surface area contributed by atoms with Crippen LogP contribution in [0.1, 0.15) is 25.3 Å². The summed E-state index contributed by atoms with van der Waals surface area (Å²) in [5, 5.41) is 9.24. The van der Waals surface area contributed by atoms with Crippen molar-refractivity contribution in [2.75, 3.05) is 46.6 Å². The Kier molecular flexibility index (Phi) is 8.99. The maximum atomic E-state index is 12.2. The van der Waals surface area contributed by atoms with E-state index in [4.69, 9.17) is 18.9 Å². The molecule has 1 aliphatic rings. The Morgan fingerprint density at radius 1 is 1.28 bits per heavy atom. The number of esters is 1. The summed E-state index contributed by atoms with van der Waals surface area (Å²) in [5.74, 6) is 0.0118. The monoisotopic (exact) mass is 402 g/mol. The zero-order valence-electron chi connectivity index (χ0n) is 16.8. The highest BCUT2D eigenvalue weighted by Gasteiger charge is 2.18. The molecule has 0 aliphatic carbocycles. The molecule has 1 fully saturated rings. The lowest BCUT2D eigenvalue weighted by Gasteiger charge is -2.26. The summed E-state index contributed by atoms with van der Waals surface area (Å²) in [6.07, 6.45) is 3.07. The molecule has 8 heteroatoms. The number of benzene rings is 1. The molecule has 1 aromatic rings. The van der Waals surface area contributed by atoms with E-state index in [0.29, 0.717) is 43.4 Å². The van der Waals surface area contributed by atoms with Gasteiger partial charge in [-0.3, -0.25) is 4.79 Å². The van der Waals surface area contributed by atoms with Crippen LogP contribution in [0.5, 0.6) is 11.5 Å². The summed E-state index contributed by atoms with van der Waals surface area (Å²) >= 11 is 0. The normalized spacial score (nSPS) is 14.1. The molecular weight excluding hydrogens is 376 g/mol. The molecule has 1 heterocycles. The number of unbranched alkanes of at least 4 members (excludes halogenated alkanes) is 1. The Balaban J connectivity index is 2.04. The topological polar surface area (TPSA) is 98.1 Å². The van der Waals surface area contributed by atoms with Gasteiger partial charge in [-0.2, -0.15) is 5.26 Å². The highest BCUT2D eigenvalue weighted by Crippen LogP contribution is 2.29. The molecule has 29 heavy (non-hydrogen) atoms.